The van der Waals surface area contributed by atoms with Crippen LogP contribution in [-0.4, -0.2) is 10.8 Å². The van der Waals surface area contributed by atoms with Gasteiger partial charge in [0.2, 0.25) is 0 Å². The highest BCUT2D eigenvalue weighted by Crippen LogP contribution is 2.19. The number of ketones is 1. The maximum atomic E-state index is 11.7. The summed E-state index contributed by atoms with van der Waals surface area (Å²) in [6.07, 6.45) is 1.99. The SMILES string of the molecule is CC(C)(C)C(=O)Cc1cccnc1N. The highest BCUT2D eigenvalue weighted by molar-refractivity contribution is 5.86. The molecule has 1 heterocycles. The van der Waals surface area contributed by atoms with Gasteiger partial charge in [0.15, 0.2) is 0 Å². The van der Waals surface area contributed by atoms with Crippen LogP contribution < -0.4 is 5.73 Å². The van der Waals surface area contributed by atoms with E-state index in [0.717, 1.165) is 5.56 Å². The lowest BCUT2D eigenvalue weighted by Gasteiger charge is -2.16. The number of carbonyl (C=O) groups excluding carboxylic acids is 1. The molecule has 0 atom stereocenters. The molecule has 0 unspecified atom stereocenters. The van der Waals surface area contributed by atoms with E-state index in [1.54, 1.807) is 12.3 Å². The lowest BCUT2D eigenvalue weighted by Crippen LogP contribution is -2.22. The number of hydrogen-bond donors (Lipinski definition) is 1. The van der Waals surface area contributed by atoms with Gasteiger partial charge in [-0.3, -0.25) is 4.79 Å². The molecule has 0 saturated heterocycles. The molecule has 0 amide bonds. The second kappa shape index (κ2) is 3.78. The lowest BCUT2D eigenvalue weighted by atomic mass is 9.87. The van der Waals surface area contributed by atoms with Crippen LogP contribution in [0, 0.1) is 5.41 Å². The first-order chi connectivity index (χ1) is 6.41. The van der Waals surface area contributed by atoms with Crippen molar-refractivity contribution >= 4 is 11.6 Å². The Morgan fingerprint density at radius 2 is 2.14 bits per heavy atom. The number of hydrogen-bond acceptors (Lipinski definition) is 3. The number of carbonyl (C=O) groups is 1. The number of anilines is 1. The Labute approximate surface area is 84.3 Å². The molecule has 0 aromatic carbocycles. The predicted octanol–water partition coefficient (Wildman–Crippen LogP) is 1.82. The van der Waals surface area contributed by atoms with Gasteiger partial charge in [0, 0.05) is 23.6 Å². The second-order valence-electron chi connectivity index (χ2n) is 4.40. The number of nitrogens with zero attached hydrogens (tertiary/aromatic N) is 1. The monoisotopic (exact) mass is 192 g/mol. The van der Waals surface area contributed by atoms with Crippen molar-refractivity contribution in [3.05, 3.63) is 23.9 Å². The largest absolute Gasteiger partial charge is 0.383 e. The van der Waals surface area contributed by atoms with Crippen LogP contribution in [0.3, 0.4) is 0 Å². The third-order valence-electron chi connectivity index (χ3n) is 2.11. The highest BCUT2D eigenvalue weighted by Gasteiger charge is 2.21. The Hall–Kier alpha value is -1.38. The van der Waals surface area contributed by atoms with Crippen LogP contribution in [0.15, 0.2) is 18.3 Å². The highest BCUT2D eigenvalue weighted by atomic mass is 16.1. The van der Waals surface area contributed by atoms with Gasteiger partial charge in [-0.1, -0.05) is 26.8 Å². The van der Waals surface area contributed by atoms with Gasteiger partial charge in [-0.15, -0.1) is 0 Å². The Morgan fingerprint density at radius 1 is 1.50 bits per heavy atom. The topological polar surface area (TPSA) is 56.0 Å². The molecule has 0 aliphatic carbocycles. The number of nitrogens with two attached hydrogens (primary N) is 1. The van der Waals surface area contributed by atoms with E-state index in [2.05, 4.69) is 4.98 Å². The fourth-order valence-corrected chi connectivity index (χ4v) is 1.04. The van der Waals surface area contributed by atoms with E-state index in [1.807, 2.05) is 26.8 Å². The van der Waals surface area contributed by atoms with Crippen molar-refractivity contribution in [2.75, 3.05) is 5.73 Å². The number of pyridine rings is 1. The maximum Gasteiger partial charge on any atom is 0.142 e. The Morgan fingerprint density at radius 3 is 2.64 bits per heavy atom. The zero-order chi connectivity index (χ0) is 10.8. The van der Waals surface area contributed by atoms with Crippen molar-refractivity contribution < 1.29 is 4.79 Å². The summed E-state index contributed by atoms with van der Waals surface area (Å²) in [5.74, 6) is 0.627. The standard InChI is InChI=1S/C11H16N2O/c1-11(2,3)9(14)7-8-5-4-6-13-10(8)12/h4-6H,7H2,1-3H3,(H2,12,13). The summed E-state index contributed by atoms with van der Waals surface area (Å²) in [6.45, 7) is 5.71. The van der Waals surface area contributed by atoms with Crippen LogP contribution in [0.4, 0.5) is 5.82 Å². The minimum Gasteiger partial charge on any atom is -0.383 e. The molecule has 76 valence electrons. The Bertz CT molecular complexity index is 339. The smallest absolute Gasteiger partial charge is 0.142 e. The quantitative estimate of drug-likeness (QED) is 0.777. The Balaban J connectivity index is 2.80. The van der Waals surface area contributed by atoms with Crippen molar-refractivity contribution in [3.63, 3.8) is 0 Å². The molecule has 14 heavy (non-hydrogen) atoms. The molecule has 1 rings (SSSR count). The molecule has 3 nitrogen and oxygen atoms in total. The maximum absolute atomic E-state index is 11.7. The van der Waals surface area contributed by atoms with Crippen molar-refractivity contribution in [1.29, 1.82) is 0 Å². The third kappa shape index (κ3) is 2.55. The van der Waals surface area contributed by atoms with Crippen molar-refractivity contribution in [2.45, 2.75) is 27.2 Å². The van der Waals surface area contributed by atoms with Gasteiger partial charge in [-0.2, -0.15) is 0 Å². The summed E-state index contributed by atoms with van der Waals surface area (Å²) in [5, 5.41) is 0. The number of Topliss-reactive ketones (excluding diaryl/α,β-unsaturated/α-hetero) is 1. The minimum absolute atomic E-state index is 0.178. The van der Waals surface area contributed by atoms with Crippen LogP contribution >= 0.6 is 0 Å². The molecule has 0 fully saturated rings. The average molecular weight is 192 g/mol. The number of nitrogen functional groups attached to an aromatic ring is 1. The van der Waals surface area contributed by atoms with Crippen LogP contribution in [0.25, 0.3) is 0 Å². The lowest BCUT2D eigenvalue weighted by molar-refractivity contribution is -0.125. The van der Waals surface area contributed by atoms with E-state index in [9.17, 15) is 4.79 Å². The molecular weight excluding hydrogens is 176 g/mol. The summed E-state index contributed by atoms with van der Waals surface area (Å²) in [6, 6.07) is 3.63. The zero-order valence-corrected chi connectivity index (χ0v) is 8.87. The van der Waals surface area contributed by atoms with Gasteiger partial charge < -0.3 is 5.73 Å². The first-order valence-electron chi connectivity index (χ1n) is 4.64. The molecule has 0 aliphatic rings. The van der Waals surface area contributed by atoms with Crippen molar-refractivity contribution in [3.8, 4) is 0 Å². The Kier molecular flexibility index (Phi) is 2.89. The molecule has 0 aliphatic heterocycles. The number of aromatic nitrogens is 1. The molecule has 1 aromatic heterocycles. The van der Waals surface area contributed by atoms with Gasteiger partial charge in [0.05, 0.1) is 0 Å². The molecule has 0 saturated carbocycles. The van der Waals surface area contributed by atoms with E-state index < -0.39 is 0 Å². The first kappa shape index (κ1) is 10.7. The van der Waals surface area contributed by atoms with E-state index in [0.29, 0.717) is 12.2 Å². The second-order valence-corrected chi connectivity index (χ2v) is 4.40. The molecule has 0 radical (unpaired) electrons. The summed E-state index contributed by atoms with van der Waals surface area (Å²) < 4.78 is 0. The van der Waals surface area contributed by atoms with Crippen LogP contribution in [-0.2, 0) is 11.2 Å². The molecule has 3 heteroatoms. The minimum atomic E-state index is -0.317. The summed E-state index contributed by atoms with van der Waals surface area (Å²) in [7, 11) is 0. The first-order valence-corrected chi connectivity index (χ1v) is 4.64. The van der Waals surface area contributed by atoms with E-state index in [4.69, 9.17) is 5.73 Å². The predicted molar refractivity (Wildman–Crippen MR) is 56.8 cm³/mol. The van der Waals surface area contributed by atoms with Gasteiger partial charge in [0.25, 0.3) is 0 Å². The van der Waals surface area contributed by atoms with Crippen molar-refractivity contribution in [1.82, 2.24) is 4.98 Å². The van der Waals surface area contributed by atoms with Crippen molar-refractivity contribution in [2.24, 2.45) is 5.41 Å². The summed E-state index contributed by atoms with van der Waals surface area (Å²) >= 11 is 0. The number of rotatable bonds is 2. The van der Waals surface area contributed by atoms with Gasteiger partial charge >= 0.3 is 0 Å². The van der Waals surface area contributed by atoms with Gasteiger partial charge in [0.1, 0.15) is 11.6 Å². The average Bonchev–Trinajstić information content (AvgIpc) is 2.07. The normalized spacial score (nSPS) is 11.4. The summed E-state index contributed by atoms with van der Waals surface area (Å²) in [4.78, 5) is 15.6. The molecule has 0 spiro atoms. The van der Waals surface area contributed by atoms with Crippen LogP contribution in [0.2, 0.25) is 0 Å². The van der Waals surface area contributed by atoms with Gasteiger partial charge in [-0.05, 0) is 6.07 Å². The fraction of sp³-hybridized carbons (Fsp3) is 0.455. The van der Waals surface area contributed by atoms with Crippen LogP contribution in [0.5, 0.6) is 0 Å². The van der Waals surface area contributed by atoms with E-state index in [1.165, 1.54) is 0 Å². The van der Waals surface area contributed by atoms with E-state index >= 15 is 0 Å². The van der Waals surface area contributed by atoms with E-state index in [-0.39, 0.29) is 11.2 Å². The molecule has 2 N–H and O–H groups in total. The van der Waals surface area contributed by atoms with Crippen LogP contribution in [0.1, 0.15) is 26.3 Å². The summed E-state index contributed by atoms with van der Waals surface area (Å²) in [5.41, 5.74) is 6.14. The van der Waals surface area contributed by atoms with Gasteiger partial charge in [-0.25, -0.2) is 4.98 Å². The fourth-order valence-electron chi connectivity index (χ4n) is 1.04. The molecule has 0 bridgehead atoms. The zero-order valence-electron chi connectivity index (χ0n) is 8.87. The molecule has 1 aromatic rings. The third-order valence-corrected chi connectivity index (χ3v) is 2.11. The molecular formula is C11H16N2O.